The molecular weight excluding hydrogens is 268 g/mol. The van der Waals surface area contributed by atoms with E-state index in [9.17, 15) is 9.59 Å². The van der Waals surface area contributed by atoms with Crippen LogP contribution in [0.15, 0.2) is 22.8 Å². The molecule has 0 saturated carbocycles. The molecule has 1 aliphatic rings. The van der Waals surface area contributed by atoms with Gasteiger partial charge in [-0.1, -0.05) is 13.8 Å². The van der Waals surface area contributed by atoms with Crippen molar-refractivity contribution in [3.05, 3.63) is 24.2 Å². The van der Waals surface area contributed by atoms with Gasteiger partial charge in [-0.25, -0.2) is 0 Å². The summed E-state index contributed by atoms with van der Waals surface area (Å²) in [6.45, 7) is 5.69. The molecular formula is C16H24N2O3. The van der Waals surface area contributed by atoms with Crippen LogP contribution < -0.4 is 5.32 Å². The highest BCUT2D eigenvalue weighted by atomic mass is 16.3. The highest BCUT2D eigenvalue weighted by molar-refractivity contribution is 5.95. The van der Waals surface area contributed by atoms with Crippen molar-refractivity contribution in [2.45, 2.75) is 45.6 Å². The lowest BCUT2D eigenvalue weighted by Gasteiger charge is -2.31. The lowest BCUT2D eigenvalue weighted by atomic mass is 10.0. The topological polar surface area (TPSA) is 62.6 Å². The summed E-state index contributed by atoms with van der Waals surface area (Å²) in [4.78, 5) is 26.6. The molecule has 1 aromatic heterocycles. The number of likely N-dealkylation sites (tertiary alicyclic amines) is 1. The summed E-state index contributed by atoms with van der Waals surface area (Å²) in [5.74, 6) is 0.287. The Hall–Kier alpha value is -1.78. The van der Waals surface area contributed by atoms with Gasteiger partial charge in [-0.05, 0) is 43.7 Å². The average molecular weight is 292 g/mol. The third-order valence-corrected chi connectivity index (χ3v) is 3.72. The number of hydrogen-bond donors (Lipinski definition) is 1. The molecule has 1 N–H and O–H groups in total. The van der Waals surface area contributed by atoms with E-state index in [4.69, 9.17) is 4.42 Å². The molecule has 2 heterocycles. The van der Waals surface area contributed by atoms with Crippen LogP contribution in [0.5, 0.6) is 0 Å². The molecule has 1 saturated heterocycles. The Kier molecular flexibility index (Phi) is 5.42. The Morgan fingerprint density at radius 3 is 2.57 bits per heavy atom. The Balaban J connectivity index is 2.02. The number of rotatable bonds is 5. The van der Waals surface area contributed by atoms with Crippen LogP contribution in [0.1, 0.15) is 50.1 Å². The number of amides is 2. The minimum atomic E-state index is -0.472. The zero-order valence-electron chi connectivity index (χ0n) is 12.8. The van der Waals surface area contributed by atoms with E-state index >= 15 is 0 Å². The van der Waals surface area contributed by atoms with Gasteiger partial charge in [0.25, 0.3) is 5.91 Å². The summed E-state index contributed by atoms with van der Waals surface area (Å²) < 4.78 is 5.09. The van der Waals surface area contributed by atoms with Gasteiger partial charge >= 0.3 is 0 Å². The van der Waals surface area contributed by atoms with Gasteiger partial charge in [-0.15, -0.1) is 0 Å². The van der Waals surface area contributed by atoms with E-state index in [0.29, 0.717) is 12.3 Å². The lowest BCUT2D eigenvalue weighted by Crippen LogP contribution is -2.50. The largest absolute Gasteiger partial charge is 0.459 e. The Morgan fingerprint density at radius 2 is 2.00 bits per heavy atom. The van der Waals surface area contributed by atoms with Gasteiger partial charge in [-0.3, -0.25) is 9.59 Å². The Labute approximate surface area is 125 Å². The standard InChI is InChI=1S/C16H24N2O3/c1-12(2)11-13(16(20)18-8-4-3-5-9-18)17-15(19)14-7-6-10-21-14/h6-7,10,12-13H,3-5,8-9,11H2,1-2H3,(H,17,19)/t13-/m1/s1. The monoisotopic (exact) mass is 292 g/mol. The Bertz CT molecular complexity index is 462. The van der Waals surface area contributed by atoms with Crippen molar-refractivity contribution in [3.8, 4) is 0 Å². The van der Waals surface area contributed by atoms with Crippen LogP contribution in [0.25, 0.3) is 0 Å². The minimum Gasteiger partial charge on any atom is -0.459 e. The van der Waals surface area contributed by atoms with Crippen molar-refractivity contribution < 1.29 is 14.0 Å². The van der Waals surface area contributed by atoms with Gasteiger partial charge in [0.05, 0.1) is 6.26 Å². The molecule has 0 aliphatic carbocycles. The first kappa shape index (κ1) is 15.6. The van der Waals surface area contributed by atoms with E-state index in [1.165, 1.54) is 12.7 Å². The fraction of sp³-hybridized carbons (Fsp3) is 0.625. The fourth-order valence-electron chi connectivity index (χ4n) is 2.66. The van der Waals surface area contributed by atoms with Crippen LogP contribution in [-0.4, -0.2) is 35.8 Å². The van der Waals surface area contributed by atoms with E-state index < -0.39 is 6.04 Å². The number of nitrogens with zero attached hydrogens (tertiary/aromatic N) is 1. The fourth-order valence-corrected chi connectivity index (χ4v) is 2.66. The minimum absolute atomic E-state index is 0.0308. The molecule has 0 bridgehead atoms. The summed E-state index contributed by atoms with van der Waals surface area (Å²) in [5.41, 5.74) is 0. The number of piperidine rings is 1. The van der Waals surface area contributed by atoms with Gasteiger partial charge in [0.2, 0.25) is 5.91 Å². The van der Waals surface area contributed by atoms with Crippen LogP contribution >= 0.6 is 0 Å². The normalized spacial score (nSPS) is 16.8. The molecule has 0 unspecified atom stereocenters. The van der Waals surface area contributed by atoms with Crippen LogP contribution in [0.3, 0.4) is 0 Å². The molecule has 21 heavy (non-hydrogen) atoms. The summed E-state index contributed by atoms with van der Waals surface area (Å²) in [6, 6.07) is 2.80. The number of furan rings is 1. The van der Waals surface area contributed by atoms with E-state index in [-0.39, 0.29) is 17.6 Å². The van der Waals surface area contributed by atoms with Crippen molar-refractivity contribution in [1.29, 1.82) is 0 Å². The van der Waals surface area contributed by atoms with Crippen molar-refractivity contribution >= 4 is 11.8 Å². The maximum atomic E-state index is 12.6. The lowest BCUT2D eigenvalue weighted by molar-refractivity contribution is -0.134. The second-order valence-electron chi connectivity index (χ2n) is 6.02. The van der Waals surface area contributed by atoms with E-state index in [2.05, 4.69) is 19.2 Å². The van der Waals surface area contributed by atoms with E-state index in [1.54, 1.807) is 12.1 Å². The van der Waals surface area contributed by atoms with Crippen LogP contribution in [0.2, 0.25) is 0 Å². The van der Waals surface area contributed by atoms with Gasteiger partial charge in [0.15, 0.2) is 5.76 Å². The van der Waals surface area contributed by atoms with Gasteiger partial charge in [0, 0.05) is 13.1 Å². The zero-order valence-corrected chi connectivity index (χ0v) is 12.8. The van der Waals surface area contributed by atoms with Crippen molar-refractivity contribution in [2.24, 2.45) is 5.92 Å². The molecule has 2 rings (SSSR count). The van der Waals surface area contributed by atoms with Crippen LogP contribution in [0.4, 0.5) is 0 Å². The molecule has 2 amide bonds. The third-order valence-electron chi connectivity index (χ3n) is 3.72. The maximum absolute atomic E-state index is 12.6. The number of carbonyl (C=O) groups is 2. The molecule has 1 fully saturated rings. The maximum Gasteiger partial charge on any atom is 0.287 e. The molecule has 0 aromatic carbocycles. The van der Waals surface area contributed by atoms with Gasteiger partial charge in [0.1, 0.15) is 6.04 Å². The summed E-state index contributed by atoms with van der Waals surface area (Å²) in [5, 5.41) is 2.82. The highest BCUT2D eigenvalue weighted by Crippen LogP contribution is 2.14. The molecule has 1 aromatic rings. The van der Waals surface area contributed by atoms with Gasteiger partial charge < -0.3 is 14.6 Å². The third kappa shape index (κ3) is 4.34. The van der Waals surface area contributed by atoms with Crippen molar-refractivity contribution in [3.63, 3.8) is 0 Å². The summed E-state index contributed by atoms with van der Waals surface area (Å²) in [7, 11) is 0. The SMILES string of the molecule is CC(C)C[C@@H](NC(=O)c1ccco1)C(=O)N1CCCCC1. The smallest absolute Gasteiger partial charge is 0.287 e. The molecule has 5 nitrogen and oxygen atoms in total. The molecule has 116 valence electrons. The van der Waals surface area contributed by atoms with E-state index in [1.807, 2.05) is 4.90 Å². The van der Waals surface area contributed by atoms with Crippen molar-refractivity contribution in [2.75, 3.05) is 13.1 Å². The average Bonchev–Trinajstić information content (AvgIpc) is 3.00. The molecule has 1 atom stereocenters. The van der Waals surface area contributed by atoms with Crippen LogP contribution in [0, 0.1) is 5.92 Å². The second-order valence-corrected chi connectivity index (χ2v) is 6.02. The predicted molar refractivity (Wildman–Crippen MR) is 79.8 cm³/mol. The molecule has 0 radical (unpaired) electrons. The highest BCUT2D eigenvalue weighted by Gasteiger charge is 2.28. The Morgan fingerprint density at radius 1 is 1.29 bits per heavy atom. The predicted octanol–water partition coefficient (Wildman–Crippen LogP) is 2.44. The van der Waals surface area contributed by atoms with Gasteiger partial charge in [-0.2, -0.15) is 0 Å². The number of hydrogen-bond acceptors (Lipinski definition) is 3. The second kappa shape index (κ2) is 7.29. The number of carbonyl (C=O) groups excluding carboxylic acids is 2. The quantitative estimate of drug-likeness (QED) is 0.906. The summed E-state index contributed by atoms with van der Waals surface area (Å²) in [6.07, 6.45) is 5.37. The summed E-state index contributed by atoms with van der Waals surface area (Å²) >= 11 is 0. The van der Waals surface area contributed by atoms with Crippen LogP contribution in [-0.2, 0) is 4.79 Å². The first-order valence-electron chi connectivity index (χ1n) is 7.71. The van der Waals surface area contributed by atoms with E-state index in [0.717, 1.165) is 25.9 Å². The molecule has 5 heteroatoms. The first-order valence-corrected chi connectivity index (χ1v) is 7.71. The zero-order chi connectivity index (χ0) is 15.2. The molecule has 1 aliphatic heterocycles. The number of nitrogens with one attached hydrogen (secondary N) is 1. The first-order chi connectivity index (χ1) is 10.1. The van der Waals surface area contributed by atoms with Crippen molar-refractivity contribution in [1.82, 2.24) is 10.2 Å². The molecule has 0 spiro atoms.